The van der Waals surface area contributed by atoms with Crippen LogP contribution in [0.3, 0.4) is 0 Å². The highest BCUT2D eigenvalue weighted by Gasteiger charge is 2.12. The van der Waals surface area contributed by atoms with E-state index in [-0.39, 0.29) is 23.8 Å². The molecule has 0 unspecified atom stereocenters. The molecule has 0 fully saturated rings. The summed E-state index contributed by atoms with van der Waals surface area (Å²) in [4.78, 5) is 22.3. The third-order valence-electron chi connectivity index (χ3n) is 3.45. The van der Waals surface area contributed by atoms with Crippen molar-refractivity contribution in [1.29, 1.82) is 0 Å². The van der Waals surface area contributed by atoms with Crippen molar-refractivity contribution in [2.45, 2.75) is 20.3 Å². The van der Waals surface area contributed by atoms with Gasteiger partial charge >= 0.3 is 0 Å². The number of carbonyl (C=O) groups is 1. The molecule has 0 spiro atoms. The zero-order valence-electron chi connectivity index (χ0n) is 13.2. The normalized spacial score (nSPS) is 11.2. The Bertz CT molecular complexity index is 801. The summed E-state index contributed by atoms with van der Waals surface area (Å²) in [6, 6.07) is 10.4. The molecule has 0 radical (unpaired) electrons. The van der Waals surface area contributed by atoms with Crippen LogP contribution in [0.25, 0.3) is 0 Å². The summed E-state index contributed by atoms with van der Waals surface area (Å²) >= 11 is 0. The number of nitro benzene ring substituents is 1. The van der Waals surface area contributed by atoms with E-state index in [1.807, 2.05) is 0 Å². The number of nitro groups is 1. The van der Waals surface area contributed by atoms with Gasteiger partial charge in [0.2, 0.25) is 5.91 Å². The topological polar surface area (TPSA) is 84.6 Å². The lowest BCUT2D eigenvalue weighted by Gasteiger charge is -2.05. The first-order chi connectivity index (χ1) is 11.4. The number of amides is 1. The Labute approximate surface area is 138 Å². The van der Waals surface area contributed by atoms with Crippen LogP contribution in [-0.2, 0) is 11.2 Å². The van der Waals surface area contributed by atoms with Gasteiger partial charge in [0.05, 0.1) is 17.1 Å². The molecule has 124 valence electrons. The minimum atomic E-state index is -0.459. The average Bonchev–Trinajstić information content (AvgIpc) is 2.55. The summed E-state index contributed by atoms with van der Waals surface area (Å²) in [5.41, 5.74) is 4.61. The van der Waals surface area contributed by atoms with E-state index in [2.05, 4.69) is 10.5 Å². The largest absolute Gasteiger partial charge is 0.273 e. The highest BCUT2D eigenvalue weighted by Crippen LogP contribution is 2.19. The van der Waals surface area contributed by atoms with Crippen LogP contribution >= 0.6 is 0 Å². The van der Waals surface area contributed by atoms with E-state index in [1.54, 1.807) is 26.0 Å². The van der Waals surface area contributed by atoms with Gasteiger partial charge < -0.3 is 0 Å². The van der Waals surface area contributed by atoms with Crippen molar-refractivity contribution >= 4 is 17.3 Å². The number of nitrogens with zero attached hydrogens (tertiary/aromatic N) is 2. The third-order valence-corrected chi connectivity index (χ3v) is 3.45. The molecule has 0 bridgehead atoms. The Kier molecular flexibility index (Phi) is 5.36. The summed E-state index contributed by atoms with van der Waals surface area (Å²) < 4.78 is 12.8. The smallest absolute Gasteiger partial charge is 0.272 e. The number of benzene rings is 2. The molecule has 2 rings (SSSR count). The summed E-state index contributed by atoms with van der Waals surface area (Å²) in [5.74, 6) is -0.725. The molecule has 1 amide bonds. The zero-order valence-corrected chi connectivity index (χ0v) is 13.2. The van der Waals surface area contributed by atoms with E-state index < -0.39 is 4.92 Å². The molecule has 6 nitrogen and oxygen atoms in total. The van der Waals surface area contributed by atoms with Crippen LogP contribution in [0, 0.1) is 22.9 Å². The minimum Gasteiger partial charge on any atom is -0.273 e. The average molecular weight is 329 g/mol. The van der Waals surface area contributed by atoms with E-state index in [1.165, 1.54) is 30.3 Å². The van der Waals surface area contributed by atoms with E-state index in [9.17, 15) is 19.3 Å². The van der Waals surface area contributed by atoms with Gasteiger partial charge in [0.15, 0.2) is 0 Å². The summed E-state index contributed by atoms with van der Waals surface area (Å²) in [7, 11) is 0. The van der Waals surface area contributed by atoms with E-state index in [0.29, 0.717) is 22.4 Å². The molecule has 0 aliphatic carbocycles. The Balaban J connectivity index is 2.05. The van der Waals surface area contributed by atoms with Crippen molar-refractivity contribution in [3.63, 3.8) is 0 Å². The maximum absolute atomic E-state index is 12.8. The Morgan fingerprint density at radius 3 is 2.54 bits per heavy atom. The first kappa shape index (κ1) is 17.3. The molecule has 0 heterocycles. The van der Waals surface area contributed by atoms with E-state index in [0.717, 1.165) is 0 Å². The van der Waals surface area contributed by atoms with E-state index >= 15 is 0 Å². The molecule has 7 heteroatoms. The fourth-order valence-corrected chi connectivity index (χ4v) is 2.07. The van der Waals surface area contributed by atoms with Crippen LogP contribution in [0.15, 0.2) is 47.6 Å². The molecule has 0 atom stereocenters. The molecule has 2 aromatic carbocycles. The summed E-state index contributed by atoms with van der Waals surface area (Å²) in [6.07, 6.45) is 0.0606. The lowest BCUT2D eigenvalue weighted by atomic mass is 10.1. The van der Waals surface area contributed by atoms with Crippen LogP contribution in [0.2, 0.25) is 0 Å². The second kappa shape index (κ2) is 7.45. The number of hydrazone groups is 1. The van der Waals surface area contributed by atoms with Gasteiger partial charge in [-0.25, -0.2) is 9.82 Å². The van der Waals surface area contributed by atoms with Crippen LogP contribution in [0.5, 0.6) is 0 Å². The standard InChI is InChI=1S/C17H16FN3O3/c1-11-3-6-14(10-16(11)21(23)24)12(2)19-20-17(22)9-13-4-7-15(18)8-5-13/h3-8,10H,9H2,1-2H3,(H,20,22)/b19-12+. The monoisotopic (exact) mass is 329 g/mol. The third kappa shape index (κ3) is 4.45. The van der Waals surface area contributed by atoms with Crippen molar-refractivity contribution in [1.82, 2.24) is 5.43 Å². The van der Waals surface area contributed by atoms with Crippen LogP contribution in [0.1, 0.15) is 23.6 Å². The maximum Gasteiger partial charge on any atom is 0.272 e. The molecule has 0 aliphatic rings. The molecule has 1 N–H and O–H groups in total. The highest BCUT2D eigenvalue weighted by atomic mass is 19.1. The quantitative estimate of drug-likeness (QED) is 0.519. The maximum atomic E-state index is 12.8. The lowest BCUT2D eigenvalue weighted by Crippen LogP contribution is -2.21. The Morgan fingerprint density at radius 1 is 1.25 bits per heavy atom. The molecule has 2 aromatic rings. The molecule has 24 heavy (non-hydrogen) atoms. The summed E-state index contributed by atoms with van der Waals surface area (Å²) in [5, 5.41) is 14.9. The van der Waals surface area contributed by atoms with Crippen LogP contribution in [-0.4, -0.2) is 16.5 Å². The van der Waals surface area contributed by atoms with Gasteiger partial charge in [-0.05, 0) is 31.5 Å². The van der Waals surface area contributed by atoms with Gasteiger partial charge in [-0.1, -0.05) is 24.3 Å². The highest BCUT2D eigenvalue weighted by molar-refractivity contribution is 5.99. The number of hydrogen-bond acceptors (Lipinski definition) is 4. The number of halogens is 1. The van der Waals surface area contributed by atoms with Crippen LogP contribution in [0.4, 0.5) is 10.1 Å². The first-order valence-electron chi connectivity index (χ1n) is 7.20. The molecule has 0 aromatic heterocycles. The molecule has 0 saturated heterocycles. The zero-order chi connectivity index (χ0) is 17.7. The number of hydrogen-bond donors (Lipinski definition) is 1. The molecule has 0 saturated carbocycles. The van der Waals surface area contributed by atoms with Crippen molar-refractivity contribution in [2.24, 2.45) is 5.10 Å². The number of carbonyl (C=O) groups excluding carboxylic acids is 1. The van der Waals surface area contributed by atoms with Crippen molar-refractivity contribution < 1.29 is 14.1 Å². The SMILES string of the molecule is C/C(=N\NC(=O)Cc1ccc(F)cc1)c1ccc(C)c([N+](=O)[O-])c1. The molecular weight excluding hydrogens is 313 g/mol. The Hall–Kier alpha value is -3.09. The van der Waals surface area contributed by atoms with Crippen molar-refractivity contribution in [3.8, 4) is 0 Å². The number of rotatable bonds is 5. The second-order valence-corrected chi connectivity index (χ2v) is 5.29. The van der Waals surface area contributed by atoms with Crippen LogP contribution < -0.4 is 5.43 Å². The number of nitrogens with one attached hydrogen (secondary N) is 1. The van der Waals surface area contributed by atoms with Gasteiger partial charge in [0.1, 0.15) is 5.82 Å². The lowest BCUT2D eigenvalue weighted by molar-refractivity contribution is -0.385. The van der Waals surface area contributed by atoms with Gasteiger partial charge in [0.25, 0.3) is 5.69 Å². The van der Waals surface area contributed by atoms with Gasteiger partial charge in [-0.15, -0.1) is 0 Å². The number of aryl methyl sites for hydroxylation is 1. The molecular formula is C17H16FN3O3. The predicted octanol–water partition coefficient (Wildman–Crippen LogP) is 3.13. The van der Waals surface area contributed by atoms with Crippen molar-refractivity contribution in [3.05, 3.63) is 75.1 Å². The van der Waals surface area contributed by atoms with Crippen molar-refractivity contribution in [2.75, 3.05) is 0 Å². The fraction of sp³-hybridized carbons (Fsp3) is 0.176. The van der Waals surface area contributed by atoms with E-state index in [4.69, 9.17) is 0 Å². The van der Waals surface area contributed by atoms with Gasteiger partial charge in [0, 0.05) is 17.2 Å². The second-order valence-electron chi connectivity index (χ2n) is 5.29. The van der Waals surface area contributed by atoms with Gasteiger partial charge in [-0.2, -0.15) is 5.10 Å². The predicted molar refractivity (Wildman–Crippen MR) is 88.3 cm³/mol. The minimum absolute atomic E-state index is 0.000288. The summed E-state index contributed by atoms with van der Waals surface area (Å²) in [6.45, 7) is 3.30. The molecule has 0 aliphatic heterocycles. The fourth-order valence-electron chi connectivity index (χ4n) is 2.07. The Morgan fingerprint density at radius 2 is 1.92 bits per heavy atom. The van der Waals surface area contributed by atoms with Gasteiger partial charge in [-0.3, -0.25) is 14.9 Å². The first-order valence-corrected chi connectivity index (χ1v) is 7.20.